The summed E-state index contributed by atoms with van der Waals surface area (Å²) in [6.45, 7) is 4.68. The smallest absolute Gasteiger partial charge is 0.328 e. The Labute approximate surface area is 117 Å². The molecule has 2 N–H and O–H groups in total. The normalized spacial score (nSPS) is 20.1. The van der Waals surface area contributed by atoms with Crippen molar-refractivity contribution in [3.8, 4) is 0 Å². The van der Waals surface area contributed by atoms with Crippen molar-refractivity contribution in [1.82, 2.24) is 4.90 Å². The maximum atomic E-state index is 12.5. The van der Waals surface area contributed by atoms with Crippen molar-refractivity contribution in [2.45, 2.75) is 38.5 Å². The fraction of sp³-hybridized carbons (Fsp3) is 0.600. The van der Waals surface area contributed by atoms with Gasteiger partial charge < -0.3 is 5.73 Å². The summed E-state index contributed by atoms with van der Waals surface area (Å²) in [6, 6.07) is 5.68. The van der Waals surface area contributed by atoms with Gasteiger partial charge in [-0.15, -0.1) is 0 Å². The molecule has 1 aliphatic rings. The van der Waals surface area contributed by atoms with E-state index in [2.05, 4.69) is 4.90 Å². The van der Waals surface area contributed by atoms with E-state index in [4.69, 9.17) is 5.73 Å². The topological polar surface area (TPSA) is 29.3 Å². The predicted octanol–water partition coefficient (Wildman–Crippen LogP) is 3.26. The van der Waals surface area contributed by atoms with Gasteiger partial charge in [0.2, 0.25) is 0 Å². The lowest BCUT2D eigenvalue weighted by Crippen LogP contribution is -2.39. The first kappa shape index (κ1) is 15.3. The van der Waals surface area contributed by atoms with Crippen LogP contribution in [0.3, 0.4) is 0 Å². The summed E-state index contributed by atoms with van der Waals surface area (Å²) in [5, 5.41) is 0. The van der Waals surface area contributed by atoms with Gasteiger partial charge in [0.25, 0.3) is 0 Å². The van der Waals surface area contributed by atoms with E-state index in [-0.39, 0.29) is 6.04 Å². The molecule has 5 heteroatoms. The summed E-state index contributed by atoms with van der Waals surface area (Å²) >= 11 is 0. The van der Waals surface area contributed by atoms with Crippen LogP contribution in [0.25, 0.3) is 0 Å². The van der Waals surface area contributed by atoms with Crippen LogP contribution in [0.4, 0.5) is 13.2 Å². The molecule has 0 aliphatic carbocycles. The third-order valence-electron chi connectivity index (χ3n) is 4.06. The van der Waals surface area contributed by atoms with Crippen LogP contribution in [0.15, 0.2) is 24.3 Å². The number of rotatable bonds is 3. The van der Waals surface area contributed by atoms with E-state index >= 15 is 0 Å². The van der Waals surface area contributed by atoms with Crippen molar-refractivity contribution in [1.29, 1.82) is 0 Å². The summed E-state index contributed by atoms with van der Waals surface area (Å²) in [5.74, 6) is 0.568. The molecule has 0 spiro atoms. The maximum Gasteiger partial charge on any atom is 0.416 e. The van der Waals surface area contributed by atoms with Crippen LogP contribution < -0.4 is 5.73 Å². The molecule has 2 rings (SSSR count). The average Bonchev–Trinajstić information content (AvgIpc) is 2.39. The van der Waals surface area contributed by atoms with Crippen molar-refractivity contribution in [3.63, 3.8) is 0 Å². The monoisotopic (exact) mass is 286 g/mol. The molecule has 2 nitrogen and oxygen atoms in total. The summed E-state index contributed by atoms with van der Waals surface area (Å²) in [6.07, 6.45) is -2.12. The Bertz CT molecular complexity index is 418. The lowest BCUT2D eigenvalue weighted by Gasteiger charge is -2.33. The van der Waals surface area contributed by atoms with E-state index in [1.807, 2.05) is 6.92 Å². The fourth-order valence-electron chi connectivity index (χ4n) is 2.69. The molecule has 112 valence electrons. The zero-order chi connectivity index (χ0) is 14.8. The van der Waals surface area contributed by atoms with E-state index in [0.29, 0.717) is 12.5 Å². The molecule has 0 aromatic heterocycles. The van der Waals surface area contributed by atoms with Gasteiger partial charge in [-0.2, -0.15) is 13.2 Å². The largest absolute Gasteiger partial charge is 0.416 e. The van der Waals surface area contributed by atoms with Crippen LogP contribution in [-0.4, -0.2) is 24.0 Å². The van der Waals surface area contributed by atoms with Crippen LogP contribution in [0, 0.1) is 5.92 Å². The highest BCUT2D eigenvalue weighted by Crippen LogP contribution is 2.29. The second-order valence-corrected chi connectivity index (χ2v) is 5.67. The van der Waals surface area contributed by atoms with Gasteiger partial charge in [-0.25, -0.2) is 0 Å². The van der Waals surface area contributed by atoms with Crippen LogP contribution in [-0.2, 0) is 12.7 Å². The van der Waals surface area contributed by atoms with E-state index in [0.717, 1.165) is 43.6 Å². The molecule has 20 heavy (non-hydrogen) atoms. The fourth-order valence-corrected chi connectivity index (χ4v) is 2.69. The van der Waals surface area contributed by atoms with E-state index in [1.165, 1.54) is 0 Å². The molecule has 1 heterocycles. The van der Waals surface area contributed by atoms with Gasteiger partial charge in [0.1, 0.15) is 0 Å². The van der Waals surface area contributed by atoms with Gasteiger partial charge >= 0.3 is 6.18 Å². The number of nitrogens with zero attached hydrogens (tertiary/aromatic N) is 1. The molecular formula is C15H21F3N2. The average molecular weight is 286 g/mol. The van der Waals surface area contributed by atoms with Crippen LogP contribution in [0.1, 0.15) is 30.9 Å². The summed E-state index contributed by atoms with van der Waals surface area (Å²) < 4.78 is 37.4. The number of benzene rings is 1. The third kappa shape index (κ3) is 3.96. The van der Waals surface area contributed by atoms with Crippen molar-refractivity contribution in [2.24, 2.45) is 11.7 Å². The zero-order valence-corrected chi connectivity index (χ0v) is 11.7. The van der Waals surface area contributed by atoms with Crippen LogP contribution in [0.5, 0.6) is 0 Å². The summed E-state index contributed by atoms with van der Waals surface area (Å²) in [4.78, 5) is 2.28. The quantitative estimate of drug-likeness (QED) is 0.924. The first-order chi connectivity index (χ1) is 9.36. The lowest BCUT2D eigenvalue weighted by atomic mass is 9.91. The second kappa shape index (κ2) is 6.14. The highest BCUT2D eigenvalue weighted by molar-refractivity contribution is 5.24. The SMILES string of the molecule is CC(N)C1CCN(Cc2ccc(C(F)(F)F)cc2)CC1. The maximum absolute atomic E-state index is 12.5. The standard InChI is InChI=1S/C15H21F3N2/c1-11(19)13-6-8-20(9-7-13)10-12-2-4-14(5-3-12)15(16,17)18/h2-5,11,13H,6-10,19H2,1H3. The summed E-state index contributed by atoms with van der Waals surface area (Å²) in [5.41, 5.74) is 6.24. The molecule has 1 unspecified atom stereocenters. The Kier molecular flexibility index (Phi) is 4.70. The lowest BCUT2D eigenvalue weighted by molar-refractivity contribution is -0.137. The molecule has 1 fully saturated rings. The van der Waals surface area contributed by atoms with E-state index in [9.17, 15) is 13.2 Å². The minimum absolute atomic E-state index is 0.225. The molecule has 0 saturated carbocycles. The van der Waals surface area contributed by atoms with Gasteiger partial charge in [-0.3, -0.25) is 4.90 Å². The van der Waals surface area contributed by atoms with Crippen LogP contribution in [0.2, 0.25) is 0 Å². The number of piperidine rings is 1. The predicted molar refractivity (Wildman–Crippen MR) is 73.1 cm³/mol. The minimum Gasteiger partial charge on any atom is -0.328 e. The van der Waals surface area contributed by atoms with Crippen LogP contribution >= 0.6 is 0 Å². The van der Waals surface area contributed by atoms with Gasteiger partial charge in [-0.1, -0.05) is 12.1 Å². The number of halogens is 3. The number of nitrogens with two attached hydrogens (primary N) is 1. The molecule has 1 aromatic rings. The Morgan fingerprint density at radius 3 is 2.20 bits per heavy atom. The summed E-state index contributed by atoms with van der Waals surface area (Å²) in [7, 11) is 0. The first-order valence-corrected chi connectivity index (χ1v) is 7.00. The van der Waals surface area contributed by atoms with Crippen molar-refractivity contribution >= 4 is 0 Å². The molecule has 0 bridgehead atoms. The molecule has 1 saturated heterocycles. The van der Waals surface area contributed by atoms with Crippen molar-refractivity contribution in [3.05, 3.63) is 35.4 Å². The third-order valence-corrected chi connectivity index (χ3v) is 4.06. The van der Waals surface area contributed by atoms with Gasteiger partial charge in [0, 0.05) is 12.6 Å². The van der Waals surface area contributed by atoms with Gasteiger partial charge in [-0.05, 0) is 56.5 Å². The number of hydrogen-bond donors (Lipinski definition) is 1. The molecule has 0 radical (unpaired) electrons. The second-order valence-electron chi connectivity index (χ2n) is 5.67. The Hall–Kier alpha value is -1.07. The molecular weight excluding hydrogens is 265 g/mol. The zero-order valence-electron chi connectivity index (χ0n) is 11.7. The van der Waals surface area contributed by atoms with Crippen molar-refractivity contribution < 1.29 is 13.2 Å². The van der Waals surface area contributed by atoms with Gasteiger partial charge in [0.05, 0.1) is 5.56 Å². The highest BCUT2D eigenvalue weighted by atomic mass is 19.4. The molecule has 1 aromatic carbocycles. The highest BCUT2D eigenvalue weighted by Gasteiger charge is 2.30. The Morgan fingerprint density at radius 1 is 1.20 bits per heavy atom. The number of likely N-dealkylation sites (tertiary alicyclic amines) is 1. The minimum atomic E-state index is -4.26. The molecule has 0 amide bonds. The molecule has 1 aliphatic heterocycles. The van der Waals surface area contributed by atoms with Gasteiger partial charge in [0.15, 0.2) is 0 Å². The molecule has 1 atom stereocenters. The number of hydrogen-bond acceptors (Lipinski definition) is 2. The first-order valence-electron chi connectivity index (χ1n) is 7.00. The van der Waals surface area contributed by atoms with E-state index in [1.54, 1.807) is 12.1 Å². The van der Waals surface area contributed by atoms with Crippen molar-refractivity contribution in [2.75, 3.05) is 13.1 Å². The Balaban J connectivity index is 1.89. The number of alkyl halides is 3. The van der Waals surface area contributed by atoms with E-state index < -0.39 is 11.7 Å². The Morgan fingerprint density at radius 2 is 1.75 bits per heavy atom.